The summed E-state index contributed by atoms with van der Waals surface area (Å²) in [6.45, 7) is 9.30. The van der Waals surface area contributed by atoms with Gasteiger partial charge in [0.25, 0.3) is 0 Å². The van der Waals surface area contributed by atoms with Crippen molar-refractivity contribution in [3.05, 3.63) is 0 Å². The van der Waals surface area contributed by atoms with Gasteiger partial charge in [0.05, 0.1) is 17.4 Å². The van der Waals surface area contributed by atoms with Crippen LogP contribution in [0.3, 0.4) is 0 Å². The molecule has 2 aliphatic heterocycles. The first-order chi connectivity index (χ1) is 15.2. The molecule has 0 bridgehead atoms. The second-order valence-corrected chi connectivity index (χ2v) is 13.3. The summed E-state index contributed by atoms with van der Waals surface area (Å²) in [6.07, 6.45) is 9.45. The number of rotatable bonds is 0. The van der Waals surface area contributed by atoms with Gasteiger partial charge in [0.1, 0.15) is 0 Å². The van der Waals surface area contributed by atoms with Crippen molar-refractivity contribution in [1.29, 1.82) is 0 Å². The maximum absolute atomic E-state index is 11.9. The van der Waals surface area contributed by atoms with Crippen molar-refractivity contribution >= 4 is 5.71 Å². The van der Waals surface area contributed by atoms with Crippen LogP contribution in [0, 0.1) is 52.8 Å². The van der Waals surface area contributed by atoms with Crippen LogP contribution in [-0.4, -0.2) is 56.9 Å². The lowest BCUT2D eigenvalue weighted by molar-refractivity contribution is -0.175. The molecular formula is C27H44N2O3. The summed E-state index contributed by atoms with van der Waals surface area (Å²) in [5, 5.41) is 36.0. The first-order valence-corrected chi connectivity index (χ1v) is 13.6. The van der Waals surface area contributed by atoms with E-state index in [-0.39, 0.29) is 17.4 Å². The molecule has 0 aromatic heterocycles. The van der Waals surface area contributed by atoms with Crippen LogP contribution in [0.1, 0.15) is 78.6 Å². The van der Waals surface area contributed by atoms with Crippen LogP contribution in [0.5, 0.6) is 0 Å². The Morgan fingerprint density at radius 3 is 2.50 bits per heavy atom. The van der Waals surface area contributed by atoms with E-state index < -0.39 is 5.60 Å². The first-order valence-electron chi connectivity index (χ1n) is 13.6. The Labute approximate surface area is 193 Å². The van der Waals surface area contributed by atoms with Crippen molar-refractivity contribution in [2.45, 2.75) is 96.3 Å². The zero-order chi connectivity index (χ0) is 22.4. The molecule has 2 heterocycles. The topological polar surface area (TPSA) is 76.3 Å². The molecular weight excluding hydrogens is 400 g/mol. The van der Waals surface area contributed by atoms with E-state index in [2.05, 4.69) is 30.8 Å². The molecule has 6 rings (SSSR count). The van der Waals surface area contributed by atoms with Gasteiger partial charge in [-0.1, -0.05) is 19.0 Å². The van der Waals surface area contributed by atoms with E-state index in [4.69, 9.17) is 0 Å². The van der Waals surface area contributed by atoms with Gasteiger partial charge in [-0.3, -0.25) is 4.90 Å². The summed E-state index contributed by atoms with van der Waals surface area (Å²) in [5.74, 6) is 4.68. The molecule has 6 fully saturated rings. The zero-order valence-corrected chi connectivity index (χ0v) is 20.3. The number of piperidine rings is 2. The first kappa shape index (κ1) is 21.9. The van der Waals surface area contributed by atoms with Crippen molar-refractivity contribution < 1.29 is 15.4 Å². The molecule has 0 spiro atoms. The molecule has 180 valence electrons. The fourth-order valence-corrected chi connectivity index (χ4v) is 10.5. The molecule has 4 aliphatic carbocycles. The fraction of sp³-hybridized carbons (Fsp3) is 0.963. The third kappa shape index (κ3) is 2.95. The summed E-state index contributed by atoms with van der Waals surface area (Å²) in [4.78, 5) is 2.67. The van der Waals surface area contributed by atoms with Crippen LogP contribution < -0.4 is 0 Å². The molecule has 0 amide bonds. The molecule has 5 nitrogen and oxygen atoms in total. The lowest BCUT2D eigenvalue weighted by Gasteiger charge is -2.59. The number of nitrogens with zero attached hydrogens (tertiary/aromatic N) is 2. The lowest BCUT2D eigenvalue weighted by atomic mass is 9.51. The van der Waals surface area contributed by atoms with Gasteiger partial charge in [0, 0.05) is 25.0 Å². The van der Waals surface area contributed by atoms with E-state index in [0.717, 1.165) is 56.7 Å². The third-order valence-electron chi connectivity index (χ3n) is 12.0. The minimum absolute atomic E-state index is 0.149. The van der Waals surface area contributed by atoms with E-state index in [1.807, 2.05) is 0 Å². The molecule has 6 aliphatic rings. The highest BCUT2D eigenvalue weighted by atomic mass is 16.4. The summed E-state index contributed by atoms with van der Waals surface area (Å²) < 4.78 is 0. The normalized spacial score (nSPS) is 59.0. The zero-order valence-electron chi connectivity index (χ0n) is 20.3. The molecule has 2 saturated heterocycles. The predicted octanol–water partition coefficient (Wildman–Crippen LogP) is 4.15. The molecule has 32 heavy (non-hydrogen) atoms. The standard InChI is InChI=1S/C27H44N2O3/c1-15-4-7-25-27(3,31)21-6-5-17-18(20(21)14-29(25)13-15)11-22-19(17)12-24(28-32)23-10-16(30)8-9-26(22,23)2/h15-23,25,30-32H,4-14H2,1-3H3/b28-24+/t15-,16-,17-,18-,19+,20+,21+,22+,23+,25+,26-,27+/m1/s1. The Morgan fingerprint density at radius 1 is 0.906 bits per heavy atom. The summed E-state index contributed by atoms with van der Waals surface area (Å²) in [7, 11) is 0. The molecule has 3 N–H and O–H groups in total. The number of aliphatic hydroxyl groups is 2. The largest absolute Gasteiger partial charge is 0.411 e. The van der Waals surface area contributed by atoms with Crippen molar-refractivity contribution in [3.63, 3.8) is 0 Å². The second-order valence-electron chi connectivity index (χ2n) is 13.3. The summed E-state index contributed by atoms with van der Waals surface area (Å²) in [6, 6.07) is 0.343. The second kappa shape index (κ2) is 7.42. The fourth-order valence-electron chi connectivity index (χ4n) is 10.5. The highest BCUT2D eigenvalue weighted by Crippen LogP contribution is 2.66. The van der Waals surface area contributed by atoms with Crippen molar-refractivity contribution in [2.75, 3.05) is 13.1 Å². The van der Waals surface area contributed by atoms with Crippen LogP contribution >= 0.6 is 0 Å². The van der Waals surface area contributed by atoms with Gasteiger partial charge in [-0.25, -0.2) is 0 Å². The van der Waals surface area contributed by atoms with Crippen LogP contribution in [0.15, 0.2) is 5.16 Å². The lowest BCUT2D eigenvalue weighted by Crippen LogP contribution is -2.67. The van der Waals surface area contributed by atoms with Crippen LogP contribution in [0.4, 0.5) is 0 Å². The van der Waals surface area contributed by atoms with Gasteiger partial charge in [0.2, 0.25) is 0 Å². The predicted molar refractivity (Wildman–Crippen MR) is 124 cm³/mol. The minimum Gasteiger partial charge on any atom is -0.411 e. The molecule has 4 saturated carbocycles. The van der Waals surface area contributed by atoms with Gasteiger partial charge in [-0.05, 0) is 112 Å². The van der Waals surface area contributed by atoms with Crippen molar-refractivity contribution in [2.24, 2.45) is 57.9 Å². The van der Waals surface area contributed by atoms with E-state index in [1.54, 1.807) is 0 Å². The maximum Gasteiger partial charge on any atom is 0.0805 e. The Balaban J connectivity index is 1.32. The van der Waals surface area contributed by atoms with Gasteiger partial charge < -0.3 is 15.4 Å². The monoisotopic (exact) mass is 444 g/mol. The molecule has 5 heteroatoms. The van der Waals surface area contributed by atoms with E-state index in [9.17, 15) is 15.4 Å². The summed E-state index contributed by atoms with van der Waals surface area (Å²) >= 11 is 0. The number of aliphatic hydroxyl groups excluding tert-OH is 1. The Bertz CT molecular complexity index is 783. The Kier molecular flexibility index (Phi) is 5.07. The van der Waals surface area contributed by atoms with E-state index in [0.29, 0.717) is 41.5 Å². The molecule has 0 aromatic rings. The number of hydrogen-bond donors (Lipinski definition) is 3. The van der Waals surface area contributed by atoms with Crippen LogP contribution in [0.2, 0.25) is 0 Å². The van der Waals surface area contributed by atoms with Gasteiger partial charge in [0.15, 0.2) is 0 Å². The summed E-state index contributed by atoms with van der Waals surface area (Å²) in [5.41, 5.74) is 0.549. The average Bonchev–Trinajstić information content (AvgIpc) is 3.14. The number of fused-ring (bicyclic) bond motifs is 8. The molecule has 0 radical (unpaired) electrons. The van der Waals surface area contributed by atoms with Crippen molar-refractivity contribution in [1.82, 2.24) is 4.90 Å². The maximum atomic E-state index is 11.9. The van der Waals surface area contributed by atoms with E-state index in [1.165, 1.54) is 25.8 Å². The third-order valence-corrected chi connectivity index (χ3v) is 12.0. The van der Waals surface area contributed by atoms with Crippen LogP contribution in [-0.2, 0) is 0 Å². The molecule has 0 unspecified atom stereocenters. The van der Waals surface area contributed by atoms with Crippen molar-refractivity contribution in [3.8, 4) is 0 Å². The Hall–Kier alpha value is -0.650. The van der Waals surface area contributed by atoms with Crippen LogP contribution in [0.25, 0.3) is 0 Å². The van der Waals surface area contributed by atoms with Gasteiger partial charge >= 0.3 is 0 Å². The minimum atomic E-state index is -0.569. The molecule has 0 aromatic carbocycles. The van der Waals surface area contributed by atoms with Gasteiger partial charge in [-0.15, -0.1) is 0 Å². The SMILES string of the molecule is C[C@@H]1CC[C@@H]2N(C1)C[C@H]1[C@@H]3C[C@H]4[C@@H](C/C(=N\O)[C@@H]5C[C@H](O)CC[C@@]54C)[C@@H]3CC[C@@H]1[C@]2(C)O. The highest BCUT2D eigenvalue weighted by Gasteiger charge is 2.64. The van der Waals surface area contributed by atoms with Gasteiger partial charge in [-0.2, -0.15) is 0 Å². The quantitative estimate of drug-likeness (QED) is 0.388. The smallest absolute Gasteiger partial charge is 0.0805 e. The highest BCUT2D eigenvalue weighted by molar-refractivity contribution is 5.88. The Morgan fingerprint density at radius 2 is 1.72 bits per heavy atom. The van der Waals surface area contributed by atoms with E-state index >= 15 is 0 Å². The number of oxime groups is 1. The number of hydrogen-bond acceptors (Lipinski definition) is 5. The molecule has 12 atom stereocenters. The average molecular weight is 445 g/mol.